The molecule has 0 saturated heterocycles. The molecule has 3 nitrogen and oxygen atoms in total. The van der Waals surface area contributed by atoms with E-state index in [0.29, 0.717) is 5.56 Å². The molecule has 2 rings (SSSR count). The molecule has 0 aliphatic heterocycles. The third kappa shape index (κ3) is 3.61. The summed E-state index contributed by atoms with van der Waals surface area (Å²) in [6.07, 6.45) is 1.22. The standard InChI is InChI=1S/C14H12BrFN2O/c1-9(10-3-2-4-12(15)7-10)18-14(19)11-5-6-13(16)17-8-11/h2-9H,1H3,(H,18,19). The summed E-state index contributed by atoms with van der Waals surface area (Å²) in [6, 6.07) is 10.1. The summed E-state index contributed by atoms with van der Waals surface area (Å²) in [7, 11) is 0. The molecule has 0 fully saturated rings. The highest BCUT2D eigenvalue weighted by atomic mass is 79.9. The molecule has 1 unspecified atom stereocenters. The summed E-state index contributed by atoms with van der Waals surface area (Å²) in [5.41, 5.74) is 1.32. The fourth-order valence-electron chi connectivity index (χ4n) is 1.65. The van der Waals surface area contributed by atoms with Crippen molar-refractivity contribution in [1.82, 2.24) is 10.3 Å². The number of halogens is 2. The Bertz CT molecular complexity index is 586. The number of nitrogens with one attached hydrogen (secondary N) is 1. The van der Waals surface area contributed by atoms with Crippen molar-refractivity contribution in [2.75, 3.05) is 0 Å². The van der Waals surface area contributed by atoms with Crippen molar-refractivity contribution >= 4 is 21.8 Å². The van der Waals surface area contributed by atoms with Gasteiger partial charge in [-0.15, -0.1) is 0 Å². The first-order chi connectivity index (χ1) is 9.06. The molecule has 1 amide bonds. The Labute approximate surface area is 119 Å². The number of amides is 1. The van der Waals surface area contributed by atoms with Crippen molar-refractivity contribution in [3.05, 3.63) is 64.1 Å². The molecular formula is C14H12BrFN2O. The van der Waals surface area contributed by atoms with Crippen LogP contribution in [0, 0.1) is 5.95 Å². The molecule has 98 valence electrons. The van der Waals surface area contributed by atoms with E-state index in [9.17, 15) is 9.18 Å². The van der Waals surface area contributed by atoms with Crippen LogP contribution in [0.5, 0.6) is 0 Å². The van der Waals surface area contributed by atoms with Gasteiger partial charge in [-0.3, -0.25) is 4.79 Å². The van der Waals surface area contributed by atoms with Crippen LogP contribution in [0.15, 0.2) is 47.1 Å². The second kappa shape index (κ2) is 5.93. The zero-order chi connectivity index (χ0) is 13.8. The number of aromatic nitrogens is 1. The summed E-state index contributed by atoms with van der Waals surface area (Å²) >= 11 is 3.39. The first kappa shape index (κ1) is 13.7. The van der Waals surface area contributed by atoms with Crippen molar-refractivity contribution in [2.45, 2.75) is 13.0 Å². The second-order valence-corrected chi connectivity index (χ2v) is 5.04. The Morgan fingerprint density at radius 2 is 2.16 bits per heavy atom. The quantitative estimate of drug-likeness (QED) is 0.879. The lowest BCUT2D eigenvalue weighted by molar-refractivity contribution is 0.0939. The molecule has 2 aromatic rings. The van der Waals surface area contributed by atoms with E-state index in [1.807, 2.05) is 31.2 Å². The van der Waals surface area contributed by atoms with Crippen molar-refractivity contribution < 1.29 is 9.18 Å². The maximum absolute atomic E-state index is 12.7. The zero-order valence-electron chi connectivity index (χ0n) is 10.2. The minimum atomic E-state index is -0.600. The van der Waals surface area contributed by atoms with E-state index in [1.54, 1.807) is 0 Å². The van der Waals surface area contributed by atoms with E-state index in [2.05, 4.69) is 26.2 Å². The Hall–Kier alpha value is -1.75. The van der Waals surface area contributed by atoms with E-state index < -0.39 is 5.95 Å². The summed E-state index contributed by atoms with van der Waals surface area (Å²) in [4.78, 5) is 15.4. The molecule has 5 heteroatoms. The molecule has 1 heterocycles. The number of rotatable bonds is 3. The number of hydrogen-bond donors (Lipinski definition) is 1. The lowest BCUT2D eigenvalue weighted by Gasteiger charge is -2.14. The van der Waals surface area contributed by atoms with Gasteiger partial charge in [-0.25, -0.2) is 4.98 Å². The lowest BCUT2D eigenvalue weighted by Crippen LogP contribution is -2.26. The minimum Gasteiger partial charge on any atom is -0.345 e. The summed E-state index contributed by atoms with van der Waals surface area (Å²) in [5.74, 6) is -0.878. The summed E-state index contributed by atoms with van der Waals surface area (Å²) in [6.45, 7) is 1.89. The zero-order valence-corrected chi connectivity index (χ0v) is 11.8. The summed E-state index contributed by atoms with van der Waals surface area (Å²) < 4.78 is 13.6. The van der Waals surface area contributed by atoms with Crippen LogP contribution in [-0.2, 0) is 0 Å². The smallest absolute Gasteiger partial charge is 0.253 e. The molecule has 0 radical (unpaired) electrons. The highest BCUT2D eigenvalue weighted by Crippen LogP contribution is 2.18. The molecule has 0 aliphatic rings. The number of hydrogen-bond acceptors (Lipinski definition) is 2. The average Bonchev–Trinajstić information content (AvgIpc) is 2.39. The molecule has 19 heavy (non-hydrogen) atoms. The van der Waals surface area contributed by atoms with Crippen LogP contribution in [0.1, 0.15) is 28.9 Å². The van der Waals surface area contributed by atoms with Crippen molar-refractivity contribution in [3.63, 3.8) is 0 Å². The minimum absolute atomic E-state index is 0.143. The topological polar surface area (TPSA) is 42.0 Å². The van der Waals surface area contributed by atoms with Crippen LogP contribution in [0.2, 0.25) is 0 Å². The normalized spacial score (nSPS) is 11.9. The van der Waals surface area contributed by atoms with Crippen LogP contribution >= 0.6 is 15.9 Å². The fourth-order valence-corrected chi connectivity index (χ4v) is 2.07. The van der Waals surface area contributed by atoms with Gasteiger partial charge in [0.2, 0.25) is 5.95 Å². The first-order valence-corrected chi connectivity index (χ1v) is 6.53. The molecule has 0 bridgehead atoms. The van der Waals surface area contributed by atoms with Crippen LogP contribution in [0.3, 0.4) is 0 Å². The third-order valence-electron chi connectivity index (χ3n) is 2.69. The molecule has 0 spiro atoms. The molecule has 0 saturated carbocycles. The fraction of sp³-hybridized carbons (Fsp3) is 0.143. The van der Waals surface area contributed by atoms with Crippen molar-refractivity contribution in [2.24, 2.45) is 0 Å². The Morgan fingerprint density at radius 1 is 1.37 bits per heavy atom. The molecule has 0 aliphatic carbocycles. The van der Waals surface area contributed by atoms with Gasteiger partial charge in [0, 0.05) is 10.7 Å². The highest BCUT2D eigenvalue weighted by molar-refractivity contribution is 9.10. The van der Waals surface area contributed by atoms with Crippen molar-refractivity contribution in [3.8, 4) is 0 Å². The maximum atomic E-state index is 12.7. The van der Waals surface area contributed by atoms with Gasteiger partial charge in [0.1, 0.15) is 0 Å². The number of nitrogens with zero attached hydrogens (tertiary/aromatic N) is 1. The largest absolute Gasteiger partial charge is 0.345 e. The van der Waals surface area contributed by atoms with Gasteiger partial charge in [-0.1, -0.05) is 28.1 Å². The van der Waals surface area contributed by atoms with E-state index in [1.165, 1.54) is 18.3 Å². The first-order valence-electron chi connectivity index (χ1n) is 5.74. The predicted octanol–water partition coefficient (Wildman–Crippen LogP) is 3.47. The monoisotopic (exact) mass is 322 g/mol. The number of carbonyl (C=O) groups excluding carboxylic acids is 1. The van der Waals surface area contributed by atoms with Crippen LogP contribution in [0.25, 0.3) is 0 Å². The van der Waals surface area contributed by atoms with E-state index in [4.69, 9.17) is 0 Å². The van der Waals surface area contributed by atoms with Gasteiger partial charge < -0.3 is 5.32 Å². The van der Waals surface area contributed by atoms with E-state index >= 15 is 0 Å². The van der Waals surface area contributed by atoms with Crippen LogP contribution < -0.4 is 5.32 Å². The summed E-state index contributed by atoms with van der Waals surface area (Å²) in [5, 5.41) is 2.84. The van der Waals surface area contributed by atoms with E-state index in [0.717, 1.165) is 10.0 Å². The molecular weight excluding hydrogens is 311 g/mol. The Balaban J connectivity index is 2.08. The van der Waals surface area contributed by atoms with E-state index in [-0.39, 0.29) is 11.9 Å². The SMILES string of the molecule is CC(NC(=O)c1ccc(F)nc1)c1cccc(Br)c1. The maximum Gasteiger partial charge on any atom is 0.253 e. The molecule has 1 aromatic carbocycles. The van der Waals surface area contributed by atoms with Gasteiger partial charge >= 0.3 is 0 Å². The Morgan fingerprint density at radius 3 is 2.79 bits per heavy atom. The van der Waals surface area contributed by atoms with Gasteiger partial charge in [0.25, 0.3) is 5.91 Å². The molecule has 1 N–H and O–H groups in total. The van der Waals surface area contributed by atoms with Gasteiger partial charge in [0.15, 0.2) is 0 Å². The van der Waals surface area contributed by atoms with Crippen LogP contribution in [0.4, 0.5) is 4.39 Å². The number of carbonyl (C=O) groups is 1. The highest BCUT2D eigenvalue weighted by Gasteiger charge is 2.12. The number of benzene rings is 1. The Kier molecular flexibility index (Phi) is 4.27. The molecule has 1 atom stereocenters. The third-order valence-corrected chi connectivity index (χ3v) is 3.18. The van der Waals surface area contributed by atoms with Gasteiger partial charge in [-0.2, -0.15) is 4.39 Å². The second-order valence-electron chi connectivity index (χ2n) is 4.12. The predicted molar refractivity (Wildman–Crippen MR) is 74.2 cm³/mol. The molecule has 1 aromatic heterocycles. The van der Waals surface area contributed by atoms with Gasteiger partial charge in [0.05, 0.1) is 11.6 Å². The average molecular weight is 323 g/mol. The number of pyridine rings is 1. The lowest BCUT2D eigenvalue weighted by atomic mass is 10.1. The van der Waals surface area contributed by atoms with Crippen molar-refractivity contribution in [1.29, 1.82) is 0 Å². The van der Waals surface area contributed by atoms with Crippen LogP contribution in [-0.4, -0.2) is 10.9 Å². The van der Waals surface area contributed by atoms with Gasteiger partial charge in [-0.05, 0) is 36.8 Å².